The summed E-state index contributed by atoms with van der Waals surface area (Å²) in [6, 6.07) is 0. The van der Waals surface area contributed by atoms with Crippen molar-refractivity contribution in [2.45, 2.75) is 18.3 Å². The normalized spacial score (nSPS) is 39.1. The molecule has 0 N–H and O–H groups in total. The van der Waals surface area contributed by atoms with Crippen LogP contribution in [0.15, 0.2) is 0 Å². The zero-order valence-corrected chi connectivity index (χ0v) is 11.8. The molecular weight excluding hydrogens is 264 g/mol. The largest absolute Gasteiger partial charge is 0.376 e. The molecule has 20 heavy (non-hydrogen) atoms. The molecule has 0 aromatic carbocycles. The topological polar surface area (TPSA) is 55.4 Å². The smallest absolute Gasteiger partial charge is 0.0917 e. The summed E-state index contributed by atoms with van der Waals surface area (Å²) in [5, 5.41) is 0. The molecule has 3 aliphatic rings. The third-order valence-electron chi connectivity index (χ3n) is 4.25. The maximum atomic E-state index is 5.89. The van der Waals surface area contributed by atoms with Crippen molar-refractivity contribution in [3.63, 3.8) is 0 Å². The Morgan fingerprint density at radius 2 is 0.950 bits per heavy atom. The molecule has 0 bridgehead atoms. The lowest BCUT2D eigenvalue weighted by Gasteiger charge is -2.49. The van der Waals surface area contributed by atoms with Crippen molar-refractivity contribution in [2.75, 3.05) is 59.5 Å². The average Bonchev–Trinajstić information content (AvgIpc) is 2.56. The van der Waals surface area contributed by atoms with Crippen molar-refractivity contribution in [2.24, 2.45) is 5.41 Å². The van der Waals surface area contributed by atoms with Crippen LogP contribution in [0.4, 0.5) is 0 Å². The molecule has 6 heteroatoms. The van der Waals surface area contributed by atoms with Gasteiger partial charge in [-0.2, -0.15) is 0 Å². The molecule has 1 radical (unpaired) electrons. The molecule has 0 aliphatic carbocycles. The summed E-state index contributed by atoms with van der Waals surface area (Å²) in [5.41, 5.74) is -0.582. The lowest BCUT2D eigenvalue weighted by atomic mass is 9.73. The number of hydrogen-bond donors (Lipinski definition) is 0. The second kappa shape index (κ2) is 6.68. The van der Waals surface area contributed by atoms with E-state index >= 15 is 0 Å². The highest BCUT2D eigenvalue weighted by Crippen LogP contribution is 2.39. The van der Waals surface area contributed by atoms with E-state index in [2.05, 4.69) is 6.92 Å². The molecule has 3 aliphatic heterocycles. The van der Waals surface area contributed by atoms with E-state index in [9.17, 15) is 0 Å². The zero-order valence-electron chi connectivity index (χ0n) is 11.8. The predicted molar refractivity (Wildman–Crippen MR) is 69.5 cm³/mol. The van der Waals surface area contributed by atoms with Crippen LogP contribution in [-0.4, -0.2) is 77.8 Å². The SMILES string of the molecule is [CH2]C(C1COCCO1)(C1COCCO1)C1COCCO1. The molecule has 6 nitrogen and oxygen atoms in total. The maximum Gasteiger partial charge on any atom is 0.0917 e. The molecule has 3 fully saturated rings. The van der Waals surface area contributed by atoms with E-state index in [0.717, 1.165) is 0 Å². The van der Waals surface area contributed by atoms with Crippen LogP contribution in [0.1, 0.15) is 0 Å². The Kier molecular flexibility index (Phi) is 4.91. The Hall–Kier alpha value is -0.240. The summed E-state index contributed by atoms with van der Waals surface area (Å²) < 4.78 is 34.3. The minimum Gasteiger partial charge on any atom is -0.376 e. The van der Waals surface area contributed by atoms with Gasteiger partial charge in [-0.3, -0.25) is 0 Å². The molecule has 0 amide bonds. The first-order chi connectivity index (χ1) is 9.82. The second-order valence-corrected chi connectivity index (χ2v) is 5.42. The van der Waals surface area contributed by atoms with Crippen LogP contribution in [0.5, 0.6) is 0 Å². The van der Waals surface area contributed by atoms with Crippen molar-refractivity contribution in [3.05, 3.63) is 6.92 Å². The number of hydrogen-bond acceptors (Lipinski definition) is 6. The third-order valence-corrected chi connectivity index (χ3v) is 4.25. The summed E-state index contributed by atoms with van der Waals surface area (Å²) in [6.45, 7) is 9.52. The molecule has 115 valence electrons. The average molecular weight is 287 g/mol. The Morgan fingerprint density at radius 3 is 1.20 bits per heavy atom. The van der Waals surface area contributed by atoms with Crippen molar-refractivity contribution >= 4 is 0 Å². The summed E-state index contributed by atoms with van der Waals surface area (Å²) in [4.78, 5) is 0. The van der Waals surface area contributed by atoms with Crippen LogP contribution >= 0.6 is 0 Å². The molecule has 3 heterocycles. The molecule has 3 unspecified atom stereocenters. The van der Waals surface area contributed by atoms with E-state index in [4.69, 9.17) is 28.4 Å². The lowest BCUT2D eigenvalue weighted by Crippen LogP contribution is -2.61. The Bertz CT molecular complexity index is 246. The van der Waals surface area contributed by atoms with Gasteiger partial charge in [0.25, 0.3) is 0 Å². The van der Waals surface area contributed by atoms with Gasteiger partial charge in [0, 0.05) is 0 Å². The summed E-state index contributed by atoms with van der Waals surface area (Å²) in [6.07, 6.45) is -0.515. The molecule has 0 spiro atoms. The van der Waals surface area contributed by atoms with Gasteiger partial charge in [0.1, 0.15) is 0 Å². The zero-order chi connectivity index (χ0) is 13.8. The van der Waals surface area contributed by atoms with Gasteiger partial charge in [0.05, 0.1) is 83.2 Å². The first-order valence-electron chi connectivity index (χ1n) is 7.25. The van der Waals surface area contributed by atoms with Gasteiger partial charge in [-0.25, -0.2) is 0 Å². The van der Waals surface area contributed by atoms with Gasteiger partial charge in [-0.1, -0.05) is 0 Å². The van der Waals surface area contributed by atoms with E-state index in [1.54, 1.807) is 0 Å². The van der Waals surface area contributed by atoms with Gasteiger partial charge in [-0.05, 0) is 6.92 Å². The Morgan fingerprint density at radius 1 is 0.600 bits per heavy atom. The van der Waals surface area contributed by atoms with Crippen molar-refractivity contribution < 1.29 is 28.4 Å². The van der Waals surface area contributed by atoms with Crippen molar-refractivity contribution in [1.82, 2.24) is 0 Å². The summed E-state index contributed by atoms with van der Waals surface area (Å²) in [7, 11) is 0. The second-order valence-electron chi connectivity index (χ2n) is 5.42. The van der Waals surface area contributed by atoms with Crippen molar-refractivity contribution in [1.29, 1.82) is 0 Å². The van der Waals surface area contributed by atoms with Crippen LogP contribution in [0, 0.1) is 12.3 Å². The fraction of sp³-hybridized carbons (Fsp3) is 0.929. The van der Waals surface area contributed by atoms with Crippen LogP contribution in [0.25, 0.3) is 0 Å². The molecule has 3 saturated heterocycles. The van der Waals surface area contributed by atoms with E-state index < -0.39 is 5.41 Å². The van der Waals surface area contributed by atoms with E-state index in [1.165, 1.54) is 0 Å². The van der Waals surface area contributed by atoms with Crippen LogP contribution in [0.3, 0.4) is 0 Å². The van der Waals surface area contributed by atoms with E-state index in [-0.39, 0.29) is 18.3 Å². The fourth-order valence-corrected chi connectivity index (χ4v) is 3.02. The minimum absolute atomic E-state index is 0.172. The first kappa shape index (κ1) is 14.7. The fourth-order valence-electron chi connectivity index (χ4n) is 3.02. The van der Waals surface area contributed by atoms with Crippen LogP contribution in [-0.2, 0) is 28.4 Å². The highest BCUT2D eigenvalue weighted by molar-refractivity contribution is 5.04. The van der Waals surface area contributed by atoms with Gasteiger partial charge in [0.2, 0.25) is 0 Å². The van der Waals surface area contributed by atoms with E-state index in [0.29, 0.717) is 59.5 Å². The van der Waals surface area contributed by atoms with Crippen LogP contribution in [0.2, 0.25) is 0 Å². The van der Waals surface area contributed by atoms with Gasteiger partial charge in [0.15, 0.2) is 0 Å². The predicted octanol–water partition coefficient (Wildman–Crippen LogP) is 0.0531. The molecule has 3 rings (SSSR count). The molecule has 3 atom stereocenters. The van der Waals surface area contributed by atoms with Crippen LogP contribution < -0.4 is 0 Å². The number of ether oxygens (including phenoxy) is 6. The third kappa shape index (κ3) is 2.86. The minimum atomic E-state index is -0.582. The molecular formula is C14H23O6. The number of rotatable bonds is 3. The highest BCUT2D eigenvalue weighted by Gasteiger charge is 2.52. The molecule has 0 saturated carbocycles. The first-order valence-corrected chi connectivity index (χ1v) is 7.25. The maximum absolute atomic E-state index is 5.89. The quantitative estimate of drug-likeness (QED) is 0.731. The standard InChI is InChI=1S/C14H23O6/c1-14(11-8-15-2-5-18-11,12-9-16-3-6-19-12)13-10-17-4-7-20-13/h11-13H,1-10H2. The van der Waals surface area contributed by atoms with E-state index in [1.807, 2.05) is 0 Å². The Labute approximate surface area is 119 Å². The van der Waals surface area contributed by atoms with Crippen molar-refractivity contribution in [3.8, 4) is 0 Å². The van der Waals surface area contributed by atoms with Gasteiger partial charge in [-0.15, -0.1) is 0 Å². The van der Waals surface area contributed by atoms with Gasteiger partial charge < -0.3 is 28.4 Å². The molecule has 0 aromatic rings. The highest BCUT2D eigenvalue weighted by atomic mass is 16.6. The lowest BCUT2D eigenvalue weighted by molar-refractivity contribution is -0.248. The summed E-state index contributed by atoms with van der Waals surface area (Å²) >= 11 is 0. The van der Waals surface area contributed by atoms with Gasteiger partial charge >= 0.3 is 0 Å². The summed E-state index contributed by atoms with van der Waals surface area (Å²) in [5.74, 6) is 0. The molecule has 0 aromatic heterocycles. The monoisotopic (exact) mass is 287 g/mol. The Balaban J connectivity index is 1.79.